The number of rotatable bonds is 8. The number of hydrogen-bond acceptors (Lipinski definition) is 6. The van der Waals surface area contributed by atoms with E-state index in [2.05, 4.69) is 27.0 Å². The van der Waals surface area contributed by atoms with E-state index in [0.717, 1.165) is 30.8 Å². The number of anilines is 1. The zero-order valence-electron chi connectivity index (χ0n) is 21.9. The molecule has 2 heterocycles. The Labute approximate surface area is 233 Å². The largest absolute Gasteiger partial charge is 0.392 e. The number of benzene rings is 2. The van der Waals surface area contributed by atoms with Gasteiger partial charge in [-0.1, -0.05) is 43.6 Å². The smallest absolute Gasteiger partial charge is 0.269 e. The SMILES string of the molecule is NC(=S)C1CC(c2ccc(N(Cc3cnc[nH]3)C(=O)c3ccc([N+](=O)[O-])cc3)cc2)CCN1C1CCCCC1. The van der Waals surface area contributed by atoms with Crippen molar-refractivity contribution in [2.75, 3.05) is 11.4 Å². The van der Waals surface area contributed by atoms with Crippen molar-refractivity contribution in [3.05, 3.63) is 88.0 Å². The second kappa shape index (κ2) is 12.0. The number of nitrogens with zero attached hydrogens (tertiary/aromatic N) is 4. The van der Waals surface area contributed by atoms with Crippen LogP contribution >= 0.6 is 12.2 Å². The van der Waals surface area contributed by atoms with Gasteiger partial charge in [0.15, 0.2) is 0 Å². The molecular formula is C29H34N6O3S. The topological polar surface area (TPSA) is 121 Å². The summed E-state index contributed by atoms with van der Waals surface area (Å²) < 4.78 is 0. The van der Waals surface area contributed by atoms with E-state index in [4.69, 9.17) is 18.0 Å². The highest BCUT2D eigenvalue weighted by Crippen LogP contribution is 2.36. The number of imidazole rings is 1. The Morgan fingerprint density at radius 1 is 1.10 bits per heavy atom. The summed E-state index contributed by atoms with van der Waals surface area (Å²) >= 11 is 5.52. The summed E-state index contributed by atoms with van der Waals surface area (Å²) in [4.78, 5) is 36.0. The number of nitro benzene ring substituents is 1. The highest BCUT2D eigenvalue weighted by Gasteiger charge is 2.35. The molecule has 1 amide bonds. The summed E-state index contributed by atoms with van der Waals surface area (Å²) in [6.07, 6.45) is 11.6. The lowest BCUT2D eigenvalue weighted by atomic mass is 9.82. The molecule has 1 aliphatic carbocycles. The van der Waals surface area contributed by atoms with Gasteiger partial charge in [-0.25, -0.2) is 4.98 Å². The lowest BCUT2D eigenvalue weighted by molar-refractivity contribution is -0.384. The van der Waals surface area contributed by atoms with Crippen molar-refractivity contribution in [1.29, 1.82) is 0 Å². The molecule has 2 aliphatic rings. The molecule has 2 aromatic carbocycles. The van der Waals surface area contributed by atoms with Crippen LogP contribution in [0.4, 0.5) is 11.4 Å². The number of likely N-dealkylation sites (tertiary alicyclic amines) is 1. The van der Waals surface area contributed by atoms with Gasteiger partial charge in [0.05, 0.1) is 34.5 Å². The molecule has 3 aromatic rings. The molecule has 1 aliphatic heterocycles. The number of nitrogens with one attached hydrogen (secondary N) is 1. The second-order valence-corrected chi connectivity index (χ2v) is 11.0. The number of amides is 1. The molecule has 0 spiro atoms. The molecule has 10 heteroatoms. The average Bonchev–Trinajstić information content (AvgIpc) is 3.49. The molecule has 0 bridgehead atoms. The zero-order chi connectivity index (χ0) is 27.4. The van der Waals surface area contributed by atoms with Crippen molar-refractivity contribution < 1.29 is 9.72 Å². The minimum Gasteiger partial charge on any atom is -0.392 e. The lowest BCUT2D eigenvalue weighted by Gasteiger charge is -2.45. The van der Waals surface area contributed by atoms with Crippen LogP contribution in [0.25, 0.3) is 0 Å². The van der Waals surface area contributed by atoms with Crippen molar-refractivity contribution in [2.24, 2.45) is 5.73 Å². The molecule has 5 rings (SSSR count). The fourth-order valence-electron chi connectivity index (χ4n) is 6.05. The van der Waals surface area contributed by atoms with E-state index in [9.17, 15) is 14.9 Å². The first kappa shape index (κ1) is 27.0. The van der Waals surface area contributed by atoms with Crippen LogP contribution in [0.5, 0.6) is 0 Å². The van der Waals surface area contributed by atoms with E-state index < -0.39 is 4.92 Å². The van der Waals surface area contributed by atoms with Gasteiger partial charge in [-0.05, 0) is 68.0 Å². The van der Waals surface area contributed by atoms with E-state index in [0.29, 0.717) is 29.1 Å². The Kier molecular flexibility index (Phi) is 8.33. The van der Waals surface area contributed by atoms with E-state index in [1.165, 1.54) is 61.9 Å². The number of nitro groups is 1. The van der Waals surface area contributed by atoms with Gasteiger partial charge in [0.2, 0.25) is 0 Å². The number of carbonyl (C=O) groups is 1. The molecule has 0 radical (unpaired) electrons. The number of H-pyrrole nitrogens is 1. The molecule has 39 heavy (non-hydrogen) atoms. The molecule has 1 saturated heterocycles. The maximum absolute atomic E-state index is 13.5. The van der Waals surface area contributed by atoms with Crippen LogP contribution in [-0.4, -0.2) is 49.3 Å². The van der Waals surface area contributed by atoms with Crippen molar-refractivity contribution in [3.8, 4) is 0 Å². The number of thiocarbonyl (C=S) groups is 1. The first-order chi connectivity index (χ1) is 18.9. The quantitative estimate of drug-likeness (QED) is 0.222. The number of carbonyl (C=O) groups excluding carboxylic acids is 1. The van der Waals surface area contributed by atoms with E-state index in [-0.39, 0.29) is 17.6 Å². The zero-order valence-corrected chi connectivity index (χ0v) is 22.7. The van der Waals surface area contributed by atoms with Crippen LogP contribution in [0.3, 0.4) is 0 Å². The van der Waals surface area contributed by atoms with Crippen molar-refractivity contribution in [2.45, 2.75) is 69.5 Å². The monoisotopic (exact) mass is 546 g/mol. The van der Waals surface area contributed by atoms with Gasteiger partial charge < -0.3 is 15.6 Å². The Hall–Kier alpha value is -3.63. The molecule has 1 saturated carbocycles. The second-order valence-electron chi connectivity index (χ2n) is 10.5. The highest BCUT2D eigenvalue weighted by molar-refractivity contribution is 7.80. The minimum atomic E-state index is -0.475. The van der Waals surface area contributed by atoms with Gasteiger partial charge >= 0.3 is 0 Å². The molecule has 2 atom stereocenters. The predicted molar refractivity (Wildman–Crippen MR) is 155 cm³/mol. The number of hydrogen-bond donors (Lipinski definition) is 2. The van der Waals surface area contributed by atoms with Gasteiger partial charge in [0.25, 0.3) is 11.6 Å². The summed E-state index contributed by atoms with van der Waals surface area (Å²) in [6.45, 7) is 1.28. The maximum Gasteiger partial charge on any atom is 0.269 e. The lowest BCUT2D eigenvalue weighted by Crippen LogP contribution is -2.53. The van der Waals surface area contributed by atoms with Crippen molar-refractivity contribution in [3.63, 3.8) is 0 Å². The van der Waals surface area contributed by atoms with Gasteiger partial charge in [0.1, 0.15) is 0 Å². The van der Waals surface area contributed by atoms with E-state index in [1.807, 2.05) is 12.1 Å². The Morgan fingerprint density at radius 3 is 2.44 bits per heavy atom. The molecular weight excluding hydrogens is 512 g/mol. The van der Waals surface area contributed by atoms with Crippen LogP contribution in [0, 0.1) is 10.1 Å². The number of aromatic nitrogens is 2. The number of non-ortho nitro benzene ring substituents is 1. The van der Waals surface area contributed by atoms with Crippen LogP contribution in [0.1, 0.15) is 72.5 Å². The number of nitrogens with two attached hydrogens (primary N) is 1. The summed E-state index contributed by atoms with van der Waals surface area (Å²) in [7, 11) is 0. The van der Waals surface area contributed by atoms with Crippen LogP contribution < -0.4 is 10.6 Å². The van der Waals surface area contributed by atoms with Crippen molar-refractivity contribution >= 4 is 34.5 Å². The summed E-state index contributed by atoms with van der Waals surface area (Å²) in [5, 5.41) is 11.0. The fraction of sp³-hybridized carbons (Fsp3) is 0.414. The third-order valence-electron chi connectivity index (χ3n) is 8.15. The molecule has 9 nitrogen and oxygen atoms in total. The Bertz CT molecular complexity index is 1290. The molecule has 204 valence electrons. The van der Waals surface area contributed by atoms with Gasteiger partial charge in [-0.15, -0.1) is 0 Å². The third kappa shape index (κ3) is 6.17. The van der Waals surface area contributed by atoms with Crippen molar-refractivity contribution in [1.82, 2.24) is 14.9 Å². The summed E-state index contributed by atoms with van der Waals surface area (Å²) in [5.41, 5.74) is 9.30. The number of piperidine rings is 1. The van der Waals surface area contributed by atoms with Gasteiger partial charge in [0, 0.05) is 35.6 Å². The standard InChI is InChI=1S/C29H34N6O3S/c30-28(39)27-16-22(14-15-33(27)24-4-2-1-3-5-24)20-6-10-25(11-7-20)34(18-23-17-31-19-32-23)29(36)21-8-12-26(13-9-21)35(37)38/h6-13,17,19,22,24,27H,1-5,14-16,18H2,(H2,30,39)(H,31,32). The Balaban J connectivity index is 1.34. The predicted octanol–water partition coefficient (Wildman–Crippen LogP) is 5.33. The maximum atomic E-state index is 13.5. The van der Waals surface area contributed by atoms with E-state index >= 15 is 0 Å². The highest BCUT2D eigenvalue weighted by atomic mass is 32.1. The average molecular weight is 547 g/mol. The summed E-state index contributed by atoms with van der Waals surface area (Å²) in [6, 6.07) is 14.5. The molecule has 3 N–H and O–H groups in total. The fourth-order valence-corrected chi connectivity index (χ4v) is 6.28. The third-order valence-corrected chi connectivity index (χ3v) is 8.42. The summed E-state index contributed by atoms with van der Waals surface area (Å²) in [5.74, 6) is 0.0957. The first-order valence-electron chi connectivity index (χ1n) is 13.6. The minimum absolute atomic E-state index is 0.0548. The van der Waals surface area contributed by atoms with Crippen LogP contribution in [0.2, 0.25) is 0 Å². The van der Waals surface area contributed by atoms with Gasteiger partial charge in [-0.3, -0.25) is 19.8 Å². The van der Waals surface area contributed by atoms with Crippen LogP contribution in [0.15, 0.2) is 61.1 Å². The first-order valence-corrected chi connectivity index (χ1v) is 14.0. The van der Waals surface area contributed by atoms with E-state index in [1.54, 1.807) is 17.4 Å². The van der Waals surface area contributed by atoms with Gasteiger partial charge in [-0.2, -0.15) is 0 Å². The van der Waals surface area contributed by atoms with Crippen LogP contribution in [-0.2, 0) is 6.54 Å². The normalized spacial score (nSPS) is 20.4. The molecule has 2 unspecified atom stereocenters. The Morgan fingerprint density at radius 2 is 1.82 bits per heavy atom. The molecule has 1 aromatic heterocycles. The number of aromatic amines is 1. The molecule has 2 fully saturated rings.